The maximum absolute atomic E-state index is 11.1. The first-order chi connectivity index (χ1) is 9.09. The maximum atomic E-state index is 11.1. The maximum Gasteiger partial charge on any atom is 0.339 e. The van der Waals surface area contributed by atoms with E-state index in [1.807, 2.05) is 19.1 Å². The normalized spacial score (nSPS) is 12.3. The van der Waals surface area contributed by atoms with Crippen molar-refractivity contribution in [3.63, 3.8) is 0 Å². The SMILES string of the molecule is C[C@@H](NCc1c(C(=O)O)cnn1C)c1cccnc1. The molecule has 0 saturated heterocycles. The van der Waals surface area contributed by atoms with Crippen LogP contribution in [-0.4, -0.2) is 25.8 Å². The lowest BCUT2D eigenvalue weighted by molar-refractivity contribution is 0.0695. The first-order valence-corrected chi connectivity index (χ1v) is 5.97. The van der Waals surface area contributed by atoms with E-state index in [2.05, 4.69) is 15.4 Å². The number of carboxylic acid groups (broad SMARTS) is 1. The molecule has 2 heterocycles. The van der Waals surface area contributed by atoms with Crippen molar-refractivity contribution < 1.29 is 9.90 Å². The summed E-state index contributed by atoms with van der Waals surface area (Å²) >= 11 is 0. The summed E-state index contributed by atoms with van der Waals surface area (Å²) in [5.74, 6) is -0.959. The van der Waals surface area contributed by atoms with E-state index in [9.17, 15) is 4.79 Å². The molecule has 0 unspecified atom stereocenters. The van der Waals surface area contributed by atoms with E-state index in [1.54, 1.807) is 24.1 Å². The number of pyridine rings is 1. The number of nitrogens with zero attached hydrogens (tertiary/aromatic N) is 3. The molecular weight excluding hydrogens is 244 g/mol. The Labute approximate surface area is 111 Å². The molecule has 0 aliphatic carbocycles. The third-order valence-electron chi connectivity index (χ3n) is 3.05. The Morgan fingerprint density at radius 3 is 2.95 bits per heavy atom. The van der Waals surface area contributed by atoms with Crippen LogP contribution in [0.5, 0.6) is 0 Å². The van der Waals surface area contributed by atoms with Gasteiger partial charge < -0.3 is 10.4 Å². The van der Waals surface area contributed by atoms with Crippen LogP contribution in [0.2, 0.25) is 0 Å². The van der Waals surface area contributed by atoms with E-state index in [0.29, 0.717) is 12.2 Å². The molecule has 2 aromatic heterocycles. The zero-order valence-electron chi connectivity index (χ0n) is 10.9. The van der Waals surface area contributed by atoms with E-state index >= 15 is 0 Å². The Balaban J connectivity index is 2.07. The fraction of sp³-hybridized carbons (Fsp3) is 0.308. The Morgan fingerprint density at radius 2 is 2.32 bits per heavy atom. The van der Waals surface area contributed by atoms with Crippen LogP contribution in [0, 0.1) is 0 Å². The molecule has 19 heavy (non-hydrogen) atoms. The van der Waals surface area contributed by atoms with E-state index in [0.717, 1.165) is 5.56 Å². The fourth-order valence-electron chi connectivity index (χ4n) is 1.85. The molecule has 0 fully saturated rings. The summed E-state index contributed by atoms with van der Waals surface area (Å²) in [6.07, 6.45) is 4.88. The first kappa shape index (κ1) is 13.2. The highest BCUT2D eigenvalue weighted by atomic mass is 16.4. The summed E-state index contributed by atoms with van der Waals surface area (Å²) in [4.78, 5) is 15.1. The number of nitrogens with one attached hydrogen (secondary N) is 1. The van der Waals surface area contributed by atoms with Gasteiger partial charge in [0.1, 0.15) is 5.56 Å². The highest BCUT2D eigenvalue weighted by molar-refractivity contribution is 5.88. The molecule has 0 radical (unpaired) electrons. The van der Waals surface area contributed by atoms with Crippen molar-refractivity contribution in [2.24, 2.45) is 7.05 Å². The van der Waals surface area contributed by atoms with Crippen molar-refractivity contribution in [2.75, 3.05) is 0 Å². The number of carbonyl (C=O) groups is 1. The Hall–Kier alpha value is -2.21. The molecule has 2 aromatic rings. The second-order valence-electron chi connectivity index (χ2n) is 4.32. The molecule has 1 atom stereocenters. The molecule has 2 N–H and O–H groups in total. The molecule has 0 spiro atoms. The molecule has 0 bridgehead atoms. The Bertz CT molecular complexity index is 565. The minimum atomic E-state index is -0.959. The van der Waals surface area contributed by atoms with Gasteiger partial charge in [-0.15, -0.1) is 0 Å². The molecule has 6 heteroatoms. The zero-order chi connectivity index (χ0) is 13.8. The van der Waals surface area contributed by atoms with Crippen molar-refractivity contribution in [3.05, 3.63) is 47.5 Å². The fourth-order valence-corrected chi connectivity index (χ4v) is 1.85. The van der Waals surface area contributed by atoms with Gasteiger partial charge in [0.15, 0.2) is 0 Å². The summed E-state index contributed by atoms with van der Waals surface area (Å²) in [5.41, 5.74) is 1.94. The number of hydrogen-bond acceptors (Lipinski definition) is 4. The number of hydrogen-bond donors (Lipinski definition) is 2. The van der Waals surface area contributed by atoms with Crippen LogP contribution in [0.15, 0.2) is 30.7 Å². The topological polar surface area (TPSA) is 80.0 Å². The van der Waals surface area contributed by atoms with Crippen molar-refractivity contribution in [1.82, 2.24) is 20.1 Å². The first-order valence-electron chi connectivity index (χ1n) is 5.97. The predicted octanol–water partition coefficient (Wildman–Crippen LogP) is 1.36. The van der Waals surface area contributed by atoms with E-state index in [4.69, 9.17) is 5.11 Å². The van der Waals surface area contributed by atoms with Gasteiger partial charge in [-0.3, -0.25) is 9.67 Å². The van der Waals surface area contributed by atoms with Crippen LogP contribution < -0.4 is 5.32 Å². The number of aromatic nitrogens is 3. The van der Waals surface area contributed by atoms with Crippen LogP contribution >= 0.6 is 0 Å². The van der Waals surface area contributed by atoms with Gasteiger partial charge >= 0.3 is 5.97 Å². The van der Waals surface area contributed by atoms with Gasteiger partial charge in [0, 0.05) is 32.0 Å². The van der Waals surface area contributed by atoms with Crippen molar-refractivity contribution in [1.29, 1.82) is 0 Å². The molecule has 0 aliphatic heterocycles. The smallest absolute Gasteiger partial charge is 0.339 e. The Kier molecular flexibility index (Phi) is 3.91. The molecule has 0 amide bonds. The van der Waals surface area contributed by atoms with Crippen molar-refractivity contribution >= 4 is 5.97 Å². The van der Waals surface area contributed by atoms with Crippen LogP contribution in [-0.2, 0) is 13.6 Å². The molecule has 0 aromatic carbocycles. The van der Waals surface area contributed by atoms with E-state index in [-0.39, 0.29) is 11.6 Å². The quantitative estimate of drug-likeness (QED) is 0.848. The standard InChI is InChI=1S/C13H16N4O2/c1-9(10-4-3-5-14-6-10)15-8-12-11(13(18)19)7-16-17(12)2/h3-7,9,15H,8H2,1-2H3,(H,18,19)/t9-/m1/s1. The van der Waals surface area contributed by atoms with Gasteiger partial charge in [0.25, 0.3) is 0 Å². The number of carboxylic acids is 1. The lowest BCUT2D eigenvalue weighted by atomic mass is 10.1. The van der Waals surface area contributed by atoms with Gasteiger partial charge in [0.05, 0.1) is 11.9 Å². The molecule has 2 rings (SSSR count). The highest BCUT2D eigenvalue weighted by Gasteiger charge is 2.15. The van der Waals surface area contributed by atoms with Gasteiger partial charge in [0.2, 0.25) is 0 Å². The van der Waals surface area contributed by atoms with Gasteiger partial charge in [-0.05, 0) is 18.6 Å². The predicted molar refractivity (Wildman–Crippen MR) is 69.7 cm³/mol. The summed E-state index contributed by atoms with van der Waals surface area (Å²) in [6, 6.07) is 3.94. The average Bonchev–Trinajstić information content (AvgIpc) is 2.78. The molecule has 100 valence electrons. The van der Waals surface area contributed by atoms with Crippen molar-refractivity contribution in [3.8, 4) is 0 Å². The molecule has 0 saturated carbocycles. The largest absolute Gasteiger partial charge is 0.478 e. The van der Waals surface area contributed by atoms with Crippen LogP contribution in [0.3, 0.4) is 0 Å². The monoisotopic (exact) mass is 260 g/mol. The second kappa shape index (κ2) is 5.62. The van der Waals surface area contributed by atoms with Crippen LogP contribution in [0.1, 0.15) is 34.6 Å². The minimum absolute atomic E-state index is 0.0882. The minimum Gasteiger partial charge on any atom is -0.478 e. The lowest BCUT2D eigenvalue weighted by Gasteiger charge is -2.14. The molecule has 0 aliphatic rings. The molecular formula is C13H16N4O2. The summed E-state index contributed by atoms with van der Waals surface area (Å²) in [6.45, 7) is 2.45. The zero-order valence-corrected chi connectivity index (χ0v) is 10.9. The summed E-state index contributed by atoms with van der Waals surface area (Å²) < 4.78 is 1.58. The second-order valence-corrected chi connectivity index (χ2v) is 4.32. The van der Waals surface area contributed by atoms with Gasteiger partial charge in [-0.25, -0.2) is 4.79 Å². The lowest BCUT2D eigenvalue weighted by Crippen LogP contribution is -2.21. The van der Waals surface area contributed by atoms with Crippen LogP contribution in [0.4, 0.5) is 0 Å². The van der Waals surface area contributed by atoms with E-state index in [1.165, 1.54) is 6.20 Å². The highest BCUT2D eigenvalue weighted by Crippen LogP contribution is 2.13. The average molecular weight is 260 g/mol. The third kappa shape index (κ3) is 2.97. The number of rotatable bonds is 5. The number of aryl methyl sites for hydroxylation is 1. The van der Waals surface area contributed by atoms with Gasteiger partial charge in [-0.2, -0.15) is 5.10 Å². The summed E-state index contributed by atoms with van der Waals surface area (Å²) in [5, 5.41) is 16.3. The third-order valence-corrected chi connectivity index (χ3v) is 3.05. The van der Waals surface area contributed by atoms with Crippen LogP contribution in [0.25, 0.3) is 0 Å². The Morgan fingerprint density at radius 1 is 1.53 bits per heavy atom. The van der Waals surface area contributed by atoms with Gasteiger partial charge in [-0.1, -0.05) is 6.07 Å². The summed E-state index contributed by atoms with van der Waals surface area (Å²) in [7, 11) is 1.73. The number of aromatic carboxylic acids is 1. The van der Waals surface area contributed by atoms with E-state index < -0.39 is 5.97 Å². The molecule has 6 nitrogen and oxygen atoms in total. The van der Waals surface area contributed by atoms with Crippen molar-refractivity contribution in [2.45, 2.75) is 19.5 Å².